The molecule has 2 heterocycles. The van der Waals surface area contributed by atoms with E-state index in [2.05, 4.69) is 17.2 Å². The number of nitrogens with one attached hydrogen (secondary N) is 1. The molecule has 0 bridgehead atoms. The van der Waals surface area contributed by atoms with Crippen LogP contribution in [0.15, 0.2) is 0 Å². The number of aromatic carboxylic acids is 1. The van der Waals surface area contributed by atoms with Crippen molar-refractivity contribution in [1.29, 1.82) is 0 Å². The first-order valence-corrected chi connectivity index (χ1v) is 8.62. The highest BCUT2D eigenvalue weighted by Crippen LogP contribution is 2.24. The number of thioether (sulfide) groups is 1. The molecule has 2 atom stereocenters. The molecule has 1 saturated heterocycles. The van der Waals surface area contributed by atoms with Crippen molar-refractivity contribution >= 4 is 35.1 Å². The fraction of sp³-hybridized carbons (Fsp3) is 0.615. The average molecular weight is 329 g/mol. The summed E-state index contributed by atoms with van der Waals surface area (Å²) in [5.74, 6) is -0.0311. The first-order valence-electron chi connectivity index (χ1n) is 6.75. The lowest BCUT2D eigenvalue weighted by molar-refractivity contribution is 0.0701. The largest absolute Gasteiger partial charge is 0.477 e. The molecule has 1 aliphatic heterocycles. The Morgan fingerprint density at radius 2 is 2.19 bits per heavy atom. The predicted molar refractivity (Wildman–Crippen MR) is 84.1 cm³/mol. The van der Waals surface area contributed by atoms with E-state index < -0.39 is 5.97 Å². The van der Waals surface area contributed by atoms with Crippen LogP contribution in [0, 0.1) is 6.92 Å². The van der Waals surface area contributed by atoms with E-state index in [-0.39, 0.29) is 23.5 Å². The Kier molecular flexibility index (Phi) is 5.10. The lowest BCUT2D eigenvalue weighted by Gasteiger charge is -2.37. The van der Waals surface area contributed by atoms with Gasteiger partial charge in [-0.2, -0.15) is 11.8 Å². The highest BCUT2D eigenvalue weighted by atomic mass is 32.2. The van der Waals surface area contributed by atoms with E-state index >= 15 is 0 Å². The topological polar surface area (TPSA) is 82.5 Å². The van der Waals surface area contributed by atoms with Crippen LogP contribution in [0.3, 0.4) is 0 Å². The quantitative estimate of drug-likeness (QED) is 0.888. The molecule has 0 saturated carbocycles. The number of aryl methyl sites for hydroxylation is 1. The van der Waals surface area contributed by atoms with Gasteiger partial charge in [0.05, 0.1) is 12.2 Å². The third kappa shape index (κ3) is 3.68. The zero-order chi connectivity index (χ0) is 15.6. The number of carbonyl (C=O) groups excluding carboxylic acids is 1. The van der Waals surface area contributed by atoms with Crippen LogP contribution in [0.1, 0.15) is 34.2 Å². The summed E-state index contributed by atoms with van der Waals surface area (Å²) >= 11 is 2.98. The van der Waals surface area contributed by atoms with E-state index in [1.54, 1.807) is 6.92 Å². The monoisotopic (exact) mass is 329 g/mol. The van der Waals surface area contributed by atoms with Gasteiger partial charge in [-0.05, 0) is 13.8 Å². The fourth-order valence-corrected chi connectivity index (χ4v) is 4.14. The number of nitrogens with zero attached hydrogens (tertiary/aromatic N) is 2. The van der Waals surface area contributed by atoms with Crippen molar-refractivity contribution < 1.29 is 14.7 Å². The molecule has 1 fully saturated rings. The molecule has 6 nitrogen and oxygen atoms in total. The number of hydrogen-bond donors (Lipinski definition) is 2. The Morgan fingerprint density at radius 3 is 2.81 bits per heavy atom. The summed E-state index contributed by atoms with van der Waals surface area (Å²) in [4.78, 5) is 29.4. The summed E-state index contributed by atoms with van der Waals surface area (Å²) in [6.07, 6.45) is 0. The number of aromatic nitrogens is 1. The number of carbonyl (C=O) groups is 2. The molecule has 1 aromatic rings. The van der Waals surface area contributed by atoms with Gasteiger partial charge in [0, 0.05) is 23.6 Å². The number of hydrogen-bond acceptors (Lipinski definition) is 5. The number of thiazole rings is 1. The highest BCUT2D eigenvalue weighted by molar-refractivity contribution is 8.00. The average Bonchev–Trinajstić information content (AvgIpc) is 2.80. The minimum atomic E-state index is -0.974. The molecular formula is C13H19N3O3S2. The molecule has 2 rings (SSSR count). The van der Waals surface area contributed by atoms with Gasteiger partial charge in [0.2, 0.25) is 0 Å². The molecule has 1 aliphatic rings. The fourth-order valence-electron chi connectivity index (χ4n) is 2.20. The predicted octanol–water partition coefficient (Wildman–Crippen LogP) is 2.19. The summed E-state index contributed by atoms with van der Waals surface area (Å²) in [6.45, 7) is 6.84. The van der Waals surface area contributed by atoms with Gasteiger partial charge in [0.15, 0.2) is 0 Å². The van der Waals surface area contributed by atoms with Gasteiger partial charge in [-0.1, -0.05) is 6.92 Å². The van der Waals surface area contributed by atoms with Crippen LogP contribution in [-0.4, -0.2) is 50.6 Å². The summed E-state index contributed by atoms with van der Waals surface area (Å²) in [5, 5.41) is 12.9. The zero-order valence-corrected chi connectivity index (χ0v) is 13.9. The van der Waals surface area contributed by atoms with Gasteiger partial charge in [-0.15, -0.1) is 11.3 Å². The lowest BCUT2D eigenvalue weighted by Crippen LogP contribution is -2.51. The minimum absolute atomic E-state index is 0.112. The number of rotatable bonds is 3. The molecule has 21 heavy (non-hydrogen) atoms. The molecule has 0 radical (unpaired) electrons. The number of urea groups is 1. The second-order valence-corrected chi connectivity index (χ2v) is 7.56. The maximum atomic E-state index is 12.2. The molecule has 2 unspecified atom stereocenters. The van der Waals surface area contributed by atoms with Crippen molar-refractivity contribution in [3.05, 3.63) is 15.6 Å². The molecule has 116 valence electrons. The Hall–Kier alpha value is -1.28. The highest BCUT2D eigenvalue weighted by Gasteiger charge is 2.28. The van der Waals surface area contributed by atoms with E-state index in [1.807, 2.05) is 23.6 Å². The van der Waals surface area contributed by atoms with Gasteiger partial charge in [0.1, 0.15) is 9.88 Å². The van der Waals surface area contributed by atoms with Crippen molar-refractivity contribution in [2.75, 3.05) is 12.3 Å². The molecule has 0 spiro atoms. The van der Waals surface area contributed by atoms with E-state index in [4.69, 9.17) is 5.11 Å². The van der Waals surface area contributed by atoms with Crippen molar-refractivity contribution in [2.24, 2.45) is 0 Å². The molecule has 2 N–H and O–H groups in total. The molecule has 0 aliphatic carbocycles. The lowest BCUT2D eigenvalue weighted by atomic mass is 10.2. The first-order chi connectivity index (χ1) is 9.90. The summed E-state index contributed by atoms with van der Waals surface area (Å²) in [7, 11) is 0. The van der Waals surface area contributed by atoms with Gasteiger partial charge in [0.25, 0.3) is 0 Å². The second-order valence-electron chi connectivity index (χ2n) is 5.00. The summed E-state index contributed by atoms with van der Waals surface area (Å²) in [5.41, 5.74) is 0.494. The summed E-state index contributed by atoms with van der Waals surface area (Å²) in [6, 6.07) is 0.0794. The molecule has 2 amide bonds. The van der Waals surface area contributed by atoms with Crippen molar-refractivity contribution in [1.82, 2.24) is 15.2 Å². The smallest absolute Gasteiger partial charge is 0.347 e. The SMILES string of the molecule is Cc1nc(CNC(=O)N2CCSC(C)C2C)sc1C(=O)O. The van der Waals surface area contributed by atoms with E-state index in [0.29, 0.717) is 16.0 Å². The van der Waals surface area contributed by atoms with Gasteiger partial charge < -0.3 is 15.3 Å². The van der Waals surface area contributed by atoms with Crippen LogP contribution >= 0.6 is 23.1 Å². The normalized spacial score (nSPS) is 22.1. The van der Waals surface area contributed by atoms with Gasteiger partial charge >= 0.3 is 12.0 Å². The maximum absolute atomic E-state index is 12.2. The Bertz CT molecular complexity index is 547. The molecule has 8 heteroatoms. The van der Waals surface area contributed by atoms with Crippen molar-refractivity contribution in [2.45, 2.75) is 38.6 Å². The van der Waals surface area contributed by atoms with Crippen LogP contribution in [-0.2, 0) is 6.54 Å². The van der Waals surface area contributed by atoms with E-state index in [0.717, 1.165) is 23.6 Å². The van der Waals surface area contributed by atoms with Crippen LogP contribution in [0.4, 0.5) is 4.79 Å². The van der Waals surface area contributed by atoms with Crippen LogP contribution < -0.4 is 5.32 Å². The van der Waals surface area contributed by atoms with Crippen molar-refractivity contribution in [3.8, 4) is 0 Å². The second kappa shape index (κ2) is 6.65. The van der Waals surface area contributed by atoms with Crippen LogP contribution in [0.25, 0.3) is 0 Å². The summed E-state index contributed by atoms with van der Waals surface area (Å²) < 4.78 is 0. The Labute approximate surface area is 131 Å². The maximum Gasteiger partial charge on any atom is 0.347 e. The van der Waals surface area contributed by atoms with Gasteiger partial charge in [-0.3, -0.25) is 0 Å². The molecule has 0 aromatic carbocycles. The standard InChI is InChI=1S/C13H19N3O3S2/c1-7-11(12(17)18)21-10(15-7)6-14-13(19)16-4-5-20-9(3)8(16)2/h8-9H,4-6H2,1-3H3,(H,14,19)(H,17,18). The first kappa shape index (κ1) is 16.1. The number of amides is 2. The Balaban J connectivity index is 1.95. The number of carboxylic acids is 1. The van der Waals surface area contributed by atoms with Crippen LogP contribution in [0.5, 0.6) is 0 Å². The van der Waals surface area contributed by atoms with E-state index in [9.17, 15) is 9.59 Å². The zero-order valence-electron chi connectivity index (χ0n) is 12.3. The van der Waals surface area contributed by atoms with Crippen molar-refractivity contribution in [3.63, 3.8) is 0 Å². The number of carboxylic acid groups (broad SMARTS) is 1. The Morgan fingerprint density at radius 1 is 1.48 bits per heavy atom. The third-order valence-electron chi connectivity index (χ3n) is 3.57. The molecular weight excluding hydrogens is 310 g/mol. The van der Waals surface area contributed by atoms with E-state index in [1.165, 1.54) is 0 Å². The van der Waals surface area contributed by atoms with Crippen LogP contribution in [0.2, 0.25) is 0 Å². The van der Waals surface area contributed by atoms with Gasteiger partial charge in [-0.25, -0.2) is 14.6 Å². The third-order valence-corrected chi connectivity index (χ3v) is 6.05. The molecule has 1 aromatic heterocycles. The minimum Gasteiger partial charge on any atom is -0.477 e.